The molecule has 1 heterocycles. The third-order valence-electron chi connectivity index (χ3n) is 2.99. The van der Waals surface area contributed by atoms with Crippen LogP contribution in [0.5, 0.6) is 0 Å². The molecule has 0 amide bonds. The van der Waals surface area contributed by atoms with Crippen molar-refractivity contribution in [3.05, 3.63) is 53.5 Å². The lowest BCUT2D eigenvalue weighted by molar-refractivity contribution is -0.141. The van der Waals surface area contributed by atoms with Gasteiger partial charge in [0.1, 0.15) is 11.6 Å². The Balaban J connectivity index is 1.98. The summed E-state index contributed by atoms with van der Waals surface area (Å²) in [6.45, 7) is 0.876. The second kappa shape index (κ2) is 7.65. The minimum atomic E-state index is -0.731. The number of hydrogen-bond donors (Lipinski definition) is 1. The molecule has 7 heteroatoms. The second-order valence-electron chi connectivity index (χ2n) is 4.82. The molecule has 0 spiro atoms. The number of carbonyl (C=O) groups is 2. The third kappa shape index (κ3) is 4.24. The van der Waals surface area contributed by atoms with Gasteiger partial charge in [-0.3, -0.25) is 9.78 Å². The maximum absolute atomic E-state index is 11.7. The summed E-state index contributed by atoms with van der Waals surface area (Å²) in [6, 6.07) is 9.01. The molecule has 120 valence electrons. The Morgan fingerprint density at radius 2 is 2.04 bits per heavy atom. The van der Waals surface area contributed by atoms with E-state index in [0.29, 0.717) is 11.2 Å². The number of fused-ring (bicyclic) bond motifs is 1. The number of hydrogen-bond acceptors (Lipinski definition) is 7. The van der Waals surface area contributed by atoms with Gasteiger partial charge in [0, 0.05) is 11.8 Å². The monoisotopic (exact) mass is 322 g/mol. The number of para-hydroxylation sites is 2. The number of ketones is 1. The van der Waals surface area contributed by atoms with E-state index in [9.17, 15) is 9.59 Å². The Hall–Kier alpha value is -3.53. The molecule has 0 radical (unpaired) electrons. The van der Waals surface area contributed by atoms with Crippen molar-refractivity contribution in [2.75, 3.05) is 6.61 Å². The van der Waals surface area contributed by atoms with Crippen molar-refractivity contribution in [2.45, 2.75) is 6.92 Å². The van der Waals surface area contributed by atoms with E-state index < -0.39 is 18.4 Å². The lowest BCUT2D eigenvalue weighted by atomic mass is 10.1. The van der Waals surface area contributed by atoms with Crippen LogP contribution >= 0.6 is 0 Å². The highest BCUT2D eigenvalue weighted by molar-refractivity contribution is 6.01. The van der Waals surface area contributed by atoms with E-state index in [-0.39, 0.29) is 11.3 Å². The van der Waals surface area contributed by atoms with Gasteiger partial charge in [-0.15, -0.1) is 0 Å². The fraction of sp³-hybridized carbons (Fsp3) is 0.118. The van der Waals surface area contributed by atoms with Gasteiger partial charge in [-0.05, 0) is 25.1 Å². The molecule has 0 saturated carbocycles. The lowest BCUT2D eigenvalue weighted by Crippen LogP contribution is -2.16. The molecule has 2 N–H and O–H groups in total. The number of aromatic nitrogens is 2. The van der Waals surface area contributed by atoms with Crippen LogP contribution in [0.4, 0.5) is 0 Å². The van der Waals surface area contributed by atoms with Gasteiger partial charge in [-0.25, -0.2) is 9.78 Å². The molecular weight excluding hydrogens is 308 g/mol. The normalized spacial score (nSPS) is 11.8. The number of nitriles is 1. The molecule has 0 atom stereocenters. The molecule has 0 saturated heterocycles. The number of carbonyl (C=O) groups excluding carboxylic acids is 2. The van der Waals surface area contributed by atoms with E-state index in [1.807, 2.05) is 24.3 Å². The number of nitrogens with two attached hydrogens (primary N) is 1. The molecule has 0 aliphatic heterocycles. The van der Waals surface area contributed by atoms with Crippen LogP contribution in [0.1, 0.15) is 12.6 Å². The van der Waals surface area contributed by atoms with Gasteiger partial charge in [-0.1, -0.05) is 12.1 Å². The van der Waals surface area contributed by atoms with Crippen LogP contribution in [-0.4, -0.2) is 28.3 Å². The number of nitrogens with zero attached hydrogens (tertiary/aromatic N) is 3. The van der Waals surface area contributed by atoms with Crippen LogP contribution in [0.15, 0.2) is 47.8 Å². The predicted octanol–water partition coefficient (Wildman–Crippen LogP) is 1.51. The number of benzene rings is 1. The van der Waals surface area contributed by atoms with Crippen LogP contribution in [0.2, 0.25) is 0 Å². The number of Topliss-reactive ketones (excluding diaryl/α,β-unsaturated/α-hetero) is 1. The summed E-state index contributed by atoms with van der Waals surface area (Å²) >= 11 is 0. The Morgan fingerprint density at radius 3 is 2.71 bits per heavy atom. The average molecular weight is 322 g/mol. The van der Waals surface area contributed by atoms with Crippen molar-refractivity contribution in [1.29, 1.82) is 5.26 Å². The molecule has 0 aliphatic carbocycles. The van der Waals surface area contributed by atoms with Gasteiger partial charge < -0.3 is 10.5 Å². The van der Waals surface area contributed by atoms with Gasteiger partial charge in [0.25, 0.3) is 0 Å². The number of rotatable bonds is 5. The Kier molecular flexibility index (Phi) is 5.36. The fourth-order valence-electron chi connectivity index (χ4n) is 1.83. The highest BCUT2D eigenvalue weighted by Gasteiger charge is 2.13. The summed E-state index contributed by atoms with van der Waals surface area (Å²) in [7, 11) is 0. The van der Waals surface area contributed by atoms with E-state index in [2.05, 4.69) is 9.97 Å². The lowest BCUT2D eigenvalue weighted by Gasteiger charge is -2.02. The van der Waals surface area contributed by atoms with Gasteiger partial charge in [0.2, 0.25) is 5.78 Å². The van der Waals surface area contributed by atoms with E-state index in [0.717, 1.165) is 11.6 Å². The van der Waals surface area contributed by atoms with Crippen molar-refractivity contribution < 1.29 is 14.3 Å². The first-order valence-corrected chi connectivity index (χ1v) is 6.97. The molecule has 24 heavy (non-hydrogen) atoms. The van der Waals surface area contributed by atoms with E-state index in [1.165, 1.54) is 19.2 Å². The minimum Gasteiger partial charge on any atom is -0.454 e. The van der Waals surface area contributed by atoms with Crippen LogP contribution < -0.4 is 5.73 Å². The summed E-state index contributed by atoms with van der Waals surface area (Å²) in [4.78, 5) is 31.8. The van der Waals surface area contributed by atoms with Crippen molar-refractivity contribution in [1.82, 2.24) is 9.97 Å². The number of allylic oxidation sites excluding steroid dienone is 1. The smallest absolute Gasteiger partial charge is 0.331 e. The van der Waals surface area contributed by atoms with Crippen LogP contribution in [0.3, 0.4) is 0 Å². The molecular formula is C17H14N4O3. The van der Waals surface area contributed by atoms with Gasteiger partial charge >= 0.3 is 5.97 Å². The van der Waals surface area contributed by atoms with Gasteiger partial charge in [-0.2, -0.15) is 5.26 Å². The van der Waals surface area contributed by atoms with Crippen LogP contribution in [-0.2, 0) is 14.3 Å². The van der Waals surface area contributed by atoms with Crippen molar-refractivity contribution in [3.8, 4) is 6.07 Å². The maximum atomic E-state index is 11.7. The van der Waals surface area contributed by atoms with Gasteiger partial charge in [0.05, 0.1) is 22.9 Å². The first-order valence-electron chi connectivity index (χ1n) is 6.97. The highest BCUT2D eigenvalue weighted by atomic mass is 16.5. The molecule has 1 aromatic carbocycles. The molecule has 2 rings (SSSR count). The van der Waals surface area contributed by atoms with Crippen molar-refractivity contribution >= 4 is 28.9 Å². The summed E-state index contributed by atoms with van der Waals surface area (Å²) < 4.78 is 4.78. The largest absolute Gasteiger partial charge is 0.454 e. The molecule has 2 aromatic rings. The van der Waals surface area contributed by atoms with Gasteiger partial charge in [0.15, 0.2) is 6.61 Å². The second-order valence-corrected chi connectivity index (χ2v) is 4.82. The highest BCUT2D eigenvalue weighted by Crippen LogP contribution is 2.09. The van der Waals surface area contributed by atoms with Crippen molar-refractivity contribution in [3.63, 3.8) is 0 Å². The summed E-state index contributed by atoms with van der Waals surface area (Å²) in [6.07, 6.45) is 4.09. The standard InChI is InChI=1S/C17H14N4O3/c1-11(19)13(8-18)16(22)10-24-17(23)7-6-12-9-20-14-4-2-3-5-15(14)21-12/h2-7,9H,10,19H2,1H3/b7-6+,13-11-. The SMILES string of the molecule is C/C(N)=C(\C#N)C(=O)COC(=O)/C=C/c1cnc2ccccc2n1. The summed E-state index contributed by atoms with van der Waals surface area (Å²) in [5.41, 5.74) is 7.19. The Morgan fingerprint density at radius 1 is 1.33 bits per heavy atom. The van der Waals surface area contributed by atoms with Crippen LogP contribution in [0.25, 0.3) is 17.1 Å². The zero-order valence-electron chi connectivity index (χ0n) is 12.9. The van der Waals surface area contributed by atoms with Crippen LogP contribution in [0, 0.1) is 11.3 Å². The Labute approximate surface area is 138 Å². The van der Waals surface area contributed by atoms with Crippen molar-refractivity contribution in [2.24, 2.45) is 5.73 Å². The molecule has 0 fully saturated rings. The van der Waals surface area contributed by atoms with E-state index >= 15 is 0 Å². The first kappa shape index (κ1) is 16.8. The zero-order chi connectivity index (χ0) is 17.5. The average Bonchev–Trinajstić information content (AvgIpc) is 2.58. The molecule has 1 aromatic heterocycles. The first-order chi connectivity index (χ1) is 11.5. The maximum Gasteiger partial charge on any atom is 0.331 e. The third-order valence-corrected chi connectivity index (χ3v) is 2.99. The number of esters is 1. The molecule has 7 nitrogen and oxygen atoms in total. The molecule has 0 unspecified atom stereocenters. The predicted molar refractivity (Wildman–Crippen MR) is 87.0 cm³/mol. The summed E-state index contributed by atoms with van der Waals surface area (Å²) in [5.74, 6) is -1.38. The van der Waals surface area contributed by atoms with E-state index in [1.54, 1.807) is 6.07 Å². The quantitative estimate of drug-likeness (QED) is 0.503. The van der Waals surface area contributed by atoms with E-state index in [4.69, 9.17) is 15.7 Å². The fourth-order valence-corrected chi connectivity index (χ4v) is 1.83. The Bertz CT molecular complexity index is 890. The minimum absolute atomic E-state index is 0.0838. The topological polar surface area (TPSA) is 119 Å². The molecule has 0 aliphatic rings. The number of ether oxygens (including phenoxy) is 1. The summed E-state index contributed by atoms with van der Waals surface area (Å²) in [5, 5.41) is 8.79. The molecule has 0 bridgehead atoms. The zero-order valence-corrected chi connectivity index (χ0v) is 12.9.